The molecular formula is C16H19N3O3S. The minimum atomic E-state index is -0.550. The highest BCUT2D eigenvalue weighted by atomic mass is 32.1. The topological polar surface area (TPSA) is 81.2 Å². The Morgan fingerprint density at radius 3 is 2.83 bits per heavy atom. The zero-order valence-electron chi connectivity index (χ0n) is 13.2. The average Bonchev–Trinajstić information content (AvgIpc) is 3.03. The van der Waals surface area contributed by atoms with Crippen LogP contribution < -0.4 is 5.32 Å². The molecule has 0 bridgehead atoms. The molecular weight excluding hydrogens is 314 g/mol. The number of nitrogens with one attached hydrogen (secondary N) is 1. The summed E-state index contributed by atoms with van der Waals surface area (Å²) in [4.78, 5) is 23.9. The van der Waals surface area contributed by atoms with E-state index in [0.717, 1.165) is 18.0 Å². The van der Waals surface area contributed by atoms with Crippen LogP contribution in [-0.4, -0.2) is 34.6 Å². The Hall–Kier alpha value is -2.28. The Kier molecular flexibility index (Phi) is 6.22. The van der Waals surface area contributed by atoms with Crippen LogP contribution in [0.5, 0.6) is 0 Å². The maximum atomic E-state index is 11.9. The van der Waals surface area contributed by atoms with Gasteiger partial charge in [0.25, 0.3) is 5.91 Å². The fourth-order valence-electron chi connectivity index (χ4n) is 2.07. The first-order chi connectivity index (χ1) is 11.1. The van der Waals surface area contributed by atoms with E-state index in [-0.39, 0.29) is 12.5 Å². The van der Waals surface area contributed by atoms with E-state index < -0.39 is 5.97 Å². The molecule has 1 amide bonds. The molecule has 1 N–H and O–H groups in total. The van der Waals surface area contributed by atoms with Crippen LogP contribution in [0.25, 0.3) is 0 Å². The van der Waals surface area contributed by atoms with E-state index in [1.165, 1.54) is 11.1 Å². The fraction of sp³-hybridized carbons (Fsp3) is 0.375. The lowest BCUT2D eigenvalue weighted by Gasteiger charge is -2.08. The third kappa shape index (κ3) is 4.85. The number of rotatable bonds is 7. The predicted molar refractivity (Wildman–Crippen MR) is 87.5 cm³/mol. The molecule has 0 saturated carbocycles. The zero-order valence-corrected chi connectivity index (χ0v) is 14.0. The van der Waals surface area contributed by atoms with Crippen molar-refractivity contribution in [2.24, 2.45) is 0 Å². The Balaban J connectivity index is 1.73. The van der Waals surface area contributed by atoms with Gasteiger partial charge in [-0.05, 0) is 42.4 Å². The average molecular weight is 333 g/mol. The Morgan fingerprint density at radius 2 is 2.09 bits per heavy atom. The van der Waals surface area contributed by atoms with Crippen molar-refractivity contribution >= 4 is 23.4 Å². The minimum absolute atomic E-state index is 0.298. The molecule has 122 valence electrons. The van der Waals surface area contributed by atoms with Gasteiger partial charge in [0.15, 0.2) is 11.5 Å². The number of hydrogen-bond acceptors (Lipinski definition) is 6. The van der Waals surface area contributed by atoms with Crippen molar-refractivity contribution in [1.29, 1.82) is 0 Å². The molecule has 7 heteroatoms. The molecule has 0 aliphatic carbocycles. The molecule has 2 aromatic rings. The number of carbonyl (C=O) groups excluding carboxylic acids is 2. The summed E-state index contributed by atoms with van der Waals surface area (Å²) in [5.74, 6) is -0.867. The second-order valence-corrected chi connectivity index (χ2v) is 5.76. The Bertz CT molecular complexity index is 685. The molecule has 6 nitrogen and oxygen atoms in total. The summed E-state index contributed by atoms with van der Waals surface area (Å²) in [6, 6.07) is 8.02. The van der Waals surface area contributed by atoms with Crippen LogP contribution in [0.15, 0.2) is 24.3 Å². The second-order valence-electron chi connectivity index (χ2n) is 5.00. The zero-order chi connectivity index (χ0) is 16.7. The van der Waals surface area contributed by atoms with Crippen molar-refractivity contribution in [3.05, 3.63) is 46.0 Å². The number of ether oxygens (including phenoxy) is 1. The van der Waals surface area contributed by atoms with E-state index in [1.54, 1.807) is 0 Å². The van der Waals surface area contributed by atoms with Gasteiger partial charge < -0.3 is 10.1 Å². The SMILES string of the molecule is CCc1nnsc1C(=O)OCC(=O)NCCc1ccccc1C. The van der Waals surface area contributed by atoms with Crippen molar-refractivity contribution in [3.63, 3.8) is 0 Å². The number of esters is 1. The van der Waals surface area contributed by atoms with Crippen LogP contribution in [0, 0.1) is 6.92 Å². The molecule has 23 heavy (non-hydrogen) atoms. The van der Waals surface area contributed by atoms with Gasteiger partial charge in [0, 0.05) is 6.54 Å². The molecule has 0 radical (unpaired) electrons. The van der Waals surface area contributed by atoms with Crippen molar-refractivity contribution in [1.82, 2.24) is 14.9 Å². The third-order valence-electron chi connectivity index (χ3n) is 3.39. The van der Waals surface area contributed by atoms with Gasteiger partial charge in [-0.3, -0.25) is 4.79 Å². The lowest BCUT2D eigenvalue weighted by atomic mass is 10.1. The second kappa shape index (κ2) is 8.38. The van der Waals surface area contributed by atoms with Gasteiger partial charge >= 0.3 is 5.97 Å². The molecule has 2 rings (SSSR count). The minimum Gasteiger partial charge on any atom is -0.451 e. The summed E-state index contributed by atoms with van der Waals surface area (Å²) in [6.07, 6.45) is 1.34. The summed E-state index contributed by atoms with van der Waals surface area (Å²) in [5.41, 5.74) is 2.98. The van der Waals surface area contributed by atoms with E-state index in [4.69, 9.17) is 4.74 Å². The summed E-state index contributed by atoms with van der Waals surface area (Å²) >= 11 is 0.983. The molecule has 0 saturated heterocycles. The normalized spacial score (nSPS) is 10.3. The van der Waals surface area contributed by atoms with Crippen molar-refractivity contribution < 1.29 is 14.3 Å². The number of aromatic nitrogens is 2. The molecule has 1 heterocycles. The van der Waals surface area contributed by atoms with E-state index in [0.29, 0.717) is 23.5 Å². The number of amides is 1. The fourth-order valence-corrected chi connectivity index (χ4v) is 2.71. The summed E-state index contributed by atoms with van der Waals surface area (Å²) in [6.45, 7) is 4.12. The Morgan fingerprint density at radius 1 is 1.30 bits per heavy atom. The summed E-state index contributed by atoms with van der Waals surface area (Å²) in [7, 11) is 0. The summed E-state index contributed by atoms with van der Waals surface area (Å²) in [5, 5.41) is 6.59. The molecule has 0 atom stereocenters. The maximum absolute atomic E-state index is 11.9. The maximum Gasteiger partial charge on any atom is 0.352 e. The molecule has 0 aliphatic rings. The molecule has 1 aromatic carbocycles. The van der Waals surface area contributed by atoms with E-state index >= 15 is 0 Å². The van der Waals surface area contributed by atoms with Crippen LogP contribution in [0.1, 0.15) is 33.4 Å². The van der Waals surface area contributed by atoms with Gasteiger partial charge in [-0.2, -0.15) is 0 Å². The van der Waals surface area contributed by atoms with Gasteiger partial charge in [-0.1, -0.05) is 35.7 Å². The molecule has 1 aromatic heterocycles. The van der Waals surface area contributed by atoms with Gasteiger partial charge in [-0.25, -0.2) is 4.79 Å². The predicted octanol–water partition coefficient (Wildman–Crippen LogP) is 1.92. The van der Waals surface area contributed by atoms with E-state index in [9.17, 15) is 9.59 Å². The molecule has 0 fully saturated rings. The molecule has 0 unspecified atom stereocenters. The lowest BCUT2D eigenvalue weighted by molar-refractivity contribution is -0.124. The van der Waals surface area contributed by atoms with Crippen molar-refractivity contribution in [3.8, 4) is 0 Å². The number of hydrogen-bond donors (Lipinski definition) is 1. The highest BCUT2D eigenvalue weighted by Gasteiger charge is 2.17. The quantitative estimate of drug-likeness (QED) is 0.783. The van der Waals surface area contributed by atoms with Gasteiger partial charge in [-0.15, -0.1) is 5.10 Å². The first kappa shape index (κ1) is 17.1. The van der Waals surface area contributed by atoms with E-state index in [1.807, 2.05) is 38.1 Å². The van der Waals surface area contributed by atoms with Gasteiger partial charge in [0.05, 0.1) is 5.69 Å². The van der Waals surface area contributed by atoms with Crippen molar-refractivity contribution in [2.45, 2.75) is 26.7 Å². The number of nitrogens with zero attached hydrogens (tertiary/aromatic N) is 2. The first-order valence-corrected chi connectivity index (χ1v) is 8.18. The monoisotopic (exact) mass is 333 g/mol. The smallest absolute Gasteiger partial charge is 0.352 e. The van der Waals surface area contributed by atoms with E-state index in [2.05, 4.69) is 14.9 Å². The van der Waals surface area contributed by atoms with Crippen LogP contribution in [-0.2, 0) is 22.4 Å². The molecule has 0 aliphatic heterocycles. The number of benzene rings is 1. The van der Waals surface area contributed by atoms with Crippen LogP contribution >= 0.6 is 11.5 Å². The number of carbonyl (C=O) groups is 2. The Labute approximate surface area is 139 Å². The van der Waals surface area contributed by atoms with Crippen molar-refractivity contribution in [2.75, 3.05) is 13.2 Å². The summed E-state index contributed by atoms with van der Waals surface area (Å²) < 4.78 is 8.72. The highest BCUT2D eigenvalue weighted by Crippen LogP contribution is 2.12. The van der Waals surface area contributed by atoms with Gasteiger partial charge in [0.2, 0.25) is 0 Å². The standard InChI is InChI=1S/C16H19N3O3S/c1-3-13-15(23-19-18-13)16(21)22-10-14(20)17-9-8-12-7-5-4-6-11(12)2/h4-7H,3,8-10H2,1-2H3,(H,17,20). The largest absolute Gasteiger partial charge is 0.451 e. The molecule has 0 spiro atoms. The third-order valence-corrected chi connectivity index (χ3v) is 4.14. The van der Waals surface area contributed by atoms with Crippen LogP contribution in [0.3, 0.4) is 0 Å². The first-order valence-electron chi connectivity index (χ1n) is 7.41. The lowest BCUT2D eigenvalue weighted by Crippen LogP contribution is -2.30. The van der Waals surface area contributed by atoms with Crippen LogP contribution in [0.4, 0.5) is 0 Å². The number of aryl methyl sites for hydroxylation is 2. The van der Waals surface area contributed by atoms with Gasteiger partial charge in [0.1, 0.15) is 0 Å². The van der Waals surface area contributed by atoms with Crippen LogP contribution in [0.2, 0.25) is 0 Å². The highest BCUT2D eigenvalue weighted by molar-refractivity contribution is 7.07.